The molecule has 2 heterocycles. The zero-order valence-electron chi connectivity index (χ0n) is 8.05. The summed E-state index contributed by atoms with van der Waals surface area (Å²) in [6.07, 6.45) is 4.09. The van der Waals surface area contributed by atoms with Gasteiger partial charge in [0.15, 0.2) is 0 Å². The smallest absolute Gasteiger partial charge is 0.113 e. The highest BCUT2D eigenvalue weighted by molar-refractivity contribution is 7.15. The van der Waals surface area contributed by atoms with Crippen molar-refractivity contribution in [2.75, 3.05) is 13.1 Å². The summed E-state index contributed by atoms with van der Waals surface area (Å²) in [5, 5.41) is 4.55. The molecule has 1 fully saturated rings. The molecule has 1 aromatic rings. The quantitative estimate of drug-likeness (QED) is 0.832. The third-order valence-electron chi connectivity index (χ3n) is 2.70. The van der Waals surface area contributed by atoms with Crippen molar-refractivity contribution in [3.05, 3.63) is 15.5 Å². The summed E-state index contributed by atoms with van der Waals surface area (Å²) in [5.74, 6) is 0. The Morgan fingerprint density at radius 1 is 1.50 bits per heavy atom. The van der Waals surface area contributed by atoms with E-state index in [0.717, 1.165) is 30.3 Å². The van der Waals surface area contributed by atoms with E-state index < -0.39 is 0 Å². The van der Waals surface area contributed by atoms with E-state index in [2.05, 4.69) is 17.2 Å². The van der Waals surface area contributed by atoms with Gasteiger partial charge in [-0.15, -0.1) is 23.7 Å². The fourth-order valence-corrected chi connectivity index (χ4v) is 2.84. The van der Waals surface area contributed by atoms with E-state index in [-0.39, 0.29) is 17.8 Å². The number of thiazole rings is 1. The molecule has 80 valence electrons. The third kappa shape index (κ3) is 2.40. The number of rotatable bonds is 1. The maximum Gasteiger partial charge on any atom is 0.113 e. The standard InChI is InChI=1S/C9H13ClN2S.ClH/c1-9(2-4-11-5-3-9)8-12-6-7(10)13-8;/h6,11H,2-5H2,1H3;1H. The van der Waals surface area contributed by atoms with E-state index in [9.17, 15) is 0 Å². The van der Waals surface area contributed by atoms with Gasteiger partial charge in [-0.2, -0.15) is 0 Å². The summed E-state index contributed by atoms with van der Waals surface area (Å²) < 4.78 is 0.801. The minimum atomic E-state index is 0. The molecule has 1 aromatic heterocycles. The van der Waals surface area contributed by atoms with Crippen molar-refractivity contribution < 1.29 is 0 Å². The highest BCUT2D eigenvalue weighted by Crippen LogP contribution is 2.36. The summed E-state index contributed by atoms with van der Waals surface area (Å²) in [6.45, 7) is 4.46. The molecule has 1 aliphatic heterocycles. The van der Waals surface area contributed by atoms with Crippen molar-refractivity contribution in [3.8, 4) is 0 Å². The number of hydrogen-bond donors (Lipinski definition) is 1. The largest absolute Gasteiger partial charge is 0.317 e. The Balaban J connectivity index is 0.000000980. The Morgan fingerprint density at radius 2 is 2.14 bits per heavy atom. The van der Waals surface area contributed by atoms with Crippen molar-refractivity contribution in [3.63, 3.8) is 0 Å². The van der Waals surface area contributed by atoms with Gasteiger partial charge in [-0.3, -0.25) is 0 Å². The molecule has 2 rings (SSSR count). The first kappa shape index (κ1) is 12.2. The van der Waals surface area contributed by atoms with Crippen molar-refractivity contribution >= 4 is 35.3 Å². The highest BCUT2D eigenvalue weighted by atomic mass is 35.5. The Bertz CT molecular complexity index is 295. The number of aromatic nitrogens is 1. The summed E-state index contributed by atoms with van der Waals surface area (Å²) >= 11 is 7.50. The average molecular weight is 253 g/mol. The molecule has 0 amide bonds. The maximum atomic E-state index is 5.88. The van der Waals surface area contributed by atoms with Crippen molar-refractivity contribution in [2.45, 2.75) is 25.2 Å². The van der Waals surface area contributed by atoms with Crippen LogP contribution in [0.1, 0.15) is 24.8 Å². The Labute approximate surface area is 99.5 Å². The number of hydrogen-bond acceptors (Lipinski definition) is 3. The van der Waals surface area contributed by atoms with Gasteiger partial charge >= 0.3 is 0 Å². The molecule has 0 saturated carbocycles. The SMILES string of the molecule is CC1(c2ncc(Cl)s2)CCNCC1.Cl. The number of nitrogens with one attached hydrogen (secondary N) is 1. The Hall–Kier alpha value is 0.170. The van der Waals surface area contributed by atoms with E-state index in [1.54, 1.807) is 17.5 Å². The van der Waals surface area contributed by atoms with Crippen LogP contribution in [0.3, 0.4) is 0 Å². The molecule has 1 N–H and O–H groups in total. The predicted octanol–water partition coefficient (Wildman–Crippen LogP) is 2.86. The van der Waals surface area contributed by atoms with Crippen LogP contribution < -0.4 is 5.32 Å². The first-order valence-corrected chi connectivity index (χ1v) is 5.73. The lowest BCUT2D eigenvalue weighted by Crippen LogP contribution is -2.37. The molecule has 1 aliphatic rings. The Morgan fingerprint density at radius 3 is 2.64 bits per heavy atom. The number of piperidine rings is 1. The highest BCUT2D eigenvalue weighted by Gasteiger charge is 2.31. The second kappa shape index (κ2) is 4.79. The summed E-state index contributed by atoms with van der Waals surface area (Å²) in [5.41, 5.74) is 0.253. The zero-order chi connectivity index (χ0) is 9.31. The topological polar surface area (TPSA) is 24.9 Å². The summed E-state index contributed by atoms with van der Waals surface area (Å²) in [6, 6.07) is 0. The molecular weight excluding hydrogens is 239 g/mol. The van der Waals surface area contributed by atoms with Crippen LogP contribution in [0.5, 0.6) is 0 Å². The van der Waals surface area contributed by atoms with Crippen molar-refractivity contribution in [2.24, 2.45) is 0 Å². The molecule has 0 radical (unpaired) electrons. The minimum absolute atomic E-state index is 0. The molecule has 0 spiro atoms. The monoisotopic (exact) mass is 252 g/mol. The summed E-state index contributed by atoms with van der Waals surface area (Å²) in [4.78, 5) is 4.37. The van der Waals surface area contributed by atoms with E-state index in [4.69, 9.17) is 11.6 Å². The average Bonchev–Trinajstić information content (AvgIpc) is 2.54. The van der Waals surface area contributed by atoms with Crippen molar-refractivity contribution in [1.29, 1.82) is 0 Å². The van der Waals surface area contributed by atoms with Gasteiger partial charge in [0, 0.05) is 5.41 Å². The third-order valence-corrected chi connectivity index (χ3v) is 4.12. The molecule has 0 aliphatic carbocycles. The van der Waals surface area contributed by atoms with Crippen LogP contribution in [0.4, 0.5) is 0 Å². The fraction of sp³-hybridized carbons (Fsp3) is 0.667. The van der Waals surface area contributed by atoms with Gasteiger partial charge in [-0.05, 0) is 25.9 Å². The number of halogens is 2. The van der Waals surface area contributed by atoms with Crippen LogP contribution in [-0.4, -0.2) is 18.1 Å². The van der Waals surface area contributed by atoms with Gasteiger partial charge < -0.3 is 5.32 Å². The van der Waals surface area contributed by atoms with E-state index in [1.165, 1.54) is 5.01 Å². The van der Waals surface area contributed by atoms with Gasteiger partial charge in [-0.1, -0.05) is 18.5 Å². The molecular formula is C9H14Cl2N2S. The van der Waals surface area contributed by atoms with E-state index >= 15 is 0 Å². The lowest BCUT2D eigenvalue weighted by atomic mass is 9.82. The molecule has 14 heavy (non-hydrogen) atoms. The lowest BCUT2D eigenvalue weighted by Gasteiger charge is -2.31. The van der Waals surface area contributed by atoms with Gasteiger partial charge in [0.2, 0.25) is 0 Å². The number of nitrogens with zero attached hydrogens (tertiary/aromatic N) is 1. The molecule has 0 bridgehead atoms. The zero-order valence-corrected chi connectivity index (χ0v) is 10.4. The van der Waals surface area contributed by atoms with Gasteiger partial charge in [-0.25, -0.2) is 4.98 Å². The lowest BCUT2D eigenvalue weighted by molar-refractivity contribution is 0.334. The molecule has 2 nitrogen and oxygen atoms in total. The normalized spacial score (nSPS) is 20.1. The van der Waals surface area contributed by atoms with Crippen LogP contribution in [0, 0.1) is 0 Å². The van der Waals surface area contributed by atoms with Gasteiger partial charge in [0.05, 0.1) is 11.2 Å². The van der Waals surface area contributed by atoms with E-state index in [1.807, 2.05) is 0 Å². The van der Waals surface area contributed by atoms with E-state index in [0.29, 0.717) is 0 Å². The van der Waals surface area contributed by atoms with Crippen LogP contribution in [0.2, 0.25) is 4.34 Å². The van der Waals surface area contributed by atoms with Crippen LogP contribution in [0.15, 0.2) is 6.20 Å². The van der Waals surface area contributed by atoms with Crippen LogP contribution >= 0.6 is 35.3 Å². The predicted molar refractivity (Wildman–Crippen MR) is 63.8 cm³/mol. The summed E-state index contributed by atoms with van der Waals surface area (Å²) in [7, 11) is 0. The second-order valence-corrected chi connectivity index (χ2v) is 5.44. The molecule has 0 unspecified atom stereocenters. The fourth-order valence-electron chi connectivity index (χ4n) is 1.73. The first-order chi connectivity index (χ1) is 6.21. The first-order valence-electron chi connectivity index (χ1n) is 4.53. The van der Waals surface area contributed by atoms with Gasteiger partial charge in [0.25, 0.3) is 0 Å². The minimum Gasteiger partial charge on any atom is -0.317 e. The van der Waals surface area contributed by atoms with Crippen LogP contribution in [-0.2, 0) is 5.41 Å². The molecule has 0 atom stereocenters. The Kier molecular flexibility index (Phi) is 4.19. The van der Waals surface area contributed by atoms with Crippen LogP contribution in [0.25, 0.3) is 0 Å². The van der Waals surface area contributed by atoms with Gasteiger partial charge in [0.1, 0.15) is 4.34 Å². The molecule has 5 heteroatoms. The van der Waals surface area contributed by atoms with Crippen molar-refractivity contribution in [1.82, 2.24) is 10.3 Å². The molecule has 1 saturated heterocycles. The second-order valence-electron chi connectivity index (χ2n) is 3.78. The maximum absolute atomic E-state index is 5.88. The molecule has 0 aromatic carbocycles.